The molecule has 2 aromatic rings. The molecular weight excluding hydrogens is 214 g/mol. The third-order valence-corrected chi connectivity index (χ3v) is 3.22. The molecule has 90 valence electrons. The Morgan fingerprint density at radius 1 is 1.47 bits per heavy atom. The minimum atomic E-state index is -0.738. The Hall–Kier alpha value is -1.77. The normalized spacial score (nSPS) is 12.8. The second-order valence-corrected chi connectivity index (χ2v) is 4.50. The van der Waals surface area contributed by atoms with Crippen molar-refractivity contribution in [3.63, 3.8) is 0 Å². The standard InChI is InChI=1S/C14H17NO2/c1-3-10(7-14(16)17)12-8-15-13-6-9(2)4-5-11(12)13/h4-6,8,10,15H,3,7H2,1-2H3,(H,16,17). The van der Waals surface area contributed by atoms with Crippen molar-refractivity contribution in [2.45, 2.75) is 32.6 Å². The van der Waals surface area contributed by atoms with Gasteiger partial charge in [0.25, 0.3) is 0 Å². The third kappa shape index (κ3) is 2.33. The largest absolute Gasteiger partial charge is 0.481 e. The molecular formula is C14H17NO2. The van der Waals surface area contributed by atoms with Crippen LogP contribution in [0.1, 0.15) is 36.8 Å². The molecule has 0 spiro atoms. The predicted octanol–water partition coefficient (Wildman–Crippen LogP) is 3.44. The number of rotatable bonds is 4. The molecule has 0 aliphatic heterocycles. The lowest BCUT2D eigenvalue weighted by Crippen LogP contribution is -2.04. The highest BCUT2D eigenvalue weighted by Gasteiger charge is 2.17. The summed E-state index contributed by atoms with van der Waals surface area (Å²) < 4.78 is 0. The quantitative estimate of drug-likeness (QED) is 0.846. The number of hydrogen-bond acceptors (Lipinski definition) is 1. The molecule has 0 aliphatic rings. The van der Waals surface area contributed by atoms with E-state index in [4.69, 9.17) is 5.11 Å². The molecule has 0 fully saturated rings. The average Bonchev–Trinajstić information content (AvgIpc) is 2.68. The molecule has 0 radical (unpaired) electrons. The monoisotopic (exact) mass is 231 g/mol. The smallest absolute Gasteiger partial charge is 0.303 e. The molecule has 0 saturated heterocycles. The van der Waals surface area contributed by atoms with E-state index in [1.165, 1.54) is 5.56 Å². The topological polar surface area (TPSA) is 53.1 Å². The van der Waals surface area contributed by atoms with E-state index in [0.717, 1.165) is 22.9 Å². The number of fused-ring (bicyclic) bond motifs is 1. The highest BCUT2D eigenvalue weighted by atomic mass is 16.4. The molecule has 3 nitrogen and oxygen atoms in total. The van der Waals surface area contributed by atoms with Crippen molar-refractivity contribution in [2.75, 3.05) is 0 Å². The maximum atomic E-state index is 10.8. The maximum absolute atomic E-state index is 10.8. The lowest BCUT2D eigenvalue weighted by Gasteiger charge is -2.11. The van der Waals surface area contributed by atoms with Gasteiger partial charge in [0.1, 0.15) is 0 Å². The fraction of sp³-hybridized carbons (Fsp3) is 0.357. The van der Waals surface area contributed by atoms with E-state index in [0.29, 0.717) is 0 Å². The van der Waals surface area contributed by atoms with Crippen LogP contribution >= 0.6 is 0 Å². The van der Waals surface area contributed by atoms with Gasteiger partial charge in [0.2, 0.25) is 0 Å². The van der Waals surface area contributed by atoms with Gasteiger partial charge in [0.05, 0.1) is 6.42 Å². The zero-order valence-corrected chi connectivity index (χ0v) is 10.2. The van der Waals surface area contributed by atoms with Gasteiger partial charge in [-0.3, -0.25) is 4.79 Å². The molecule has 0 amide bonds. The van der Waals surface area contributed by atoms with Crippen molar-refractivity contribution in [2.24, 2.45) is 0 Å². The molecule has 1 atom stereocenters. The number of aromatic nitrogens is 1. The zero-order valence-electron chi connectivity index (χ0n) is 10.2. The van der Waals surface area contributed by atoms with Crippen LogP contribution in [0, 0.1) is 6.92 Å². The summed E-state index contributed by atoms with van der Waals surface area (Å²) in [7, 11) is 0. The Morgan fingerprint density at radius 3 is 2.88 bits per heavy atom. The highest BCUT2D eigenvalue weighted by molar-refractivity contribution is 5.85. The van der Waals surface area contributed by atoms with E-state index >= 15 is 0 Å². The van der Waals surface area contributed by atoms with E-state index < -0.39 is 5.97 Å². The molecule has 0 saturated carbocycles. The van der Waals surface area contributed by atoms with Crippen LogP contribution in [0.25, 0.3) is 10.9 Å². The molecule has 0 bridgehead atoms. The average molecular weight is 231 g/mol. The number of carboxylic acids is 1. The predicted molar refractivity (Wildman–Crippen MR) is 68.3 cm³/mol. The number of carboxylic acid groups (broad SMARTS) is 1. The number of aryl methyl sites for hydroxylation is 1. The van der Waals surface area contributed by atoms with Crippen LogP contribution in [0.4, 0.5) is 0 Å². The number of carbonyl (C=O) groups is 1. The molecule has 0 aliphatic carbocycles. The van der Waals surface area contributed by atoms with E-state index in [-0.39, 0.29) is 12.3 Å². The third-order valence-electron chi connectivity index (χ3n) is 3.22. The van der Waals surface area contributed by atoms with Crippen molar-refractivity contribution < 1.29 is 9.90 Å². The summed E-state index contributed by atoms with van der Waals surface area (Å²) in [5.41, 5.74) is 3.41. The van der Waals surface area contributed by atoms with Crippen LogP contribution in [0.2, 0.25) is 0 Å². The molecule has 2 N–H and O–H groups in total. The Kier molecular flexibility index (Phi) is 3.18. The van der Waals surface area contributed by atoms with E-state index in [1.54, 1.807) is 0 Å². The molecule has 3 heteroatoms. The second-order valence-electron chi connectivity index (χ2n) is 4.50. The van der Waals surface area contributed by atoms with Crippen molar-refractivity contribution in [1.82, 2.24) is 4.98 Å². The van der Waals surface area contributed by atoms with Crippen LogP contribution in [-0.2, 0) is 4.79 Å². The molecule has 1 aromatic heterocycles. The fourth-order valence-electron chi connectivity index (χ4n) is 2.29. The minimum Gasteiger partial charge on any atom is -0.481 e. The molecule has 1 aromatic carbocycles. The van der Waals surface area contributed by atoms with Crippen molar-refractivity contribution in [3.05, 3.63) is 35.5 Å². The molecule has 1 unspecified atom stereocenters. The summed E-state index contributed by atoms with van der Waals surface area (Å²) in [6, 6.07) is 6.22. The zero-order chi connectivity index (χ0) is 12.4. The first kappa shape index (κ1) is 11.7. The van der Waals surface area contributed by atoms with Crippen LogP contribution < -0.4 is 0 Å². The van der Waals surface area contributed by atoms with Gasteiger partial charge in [0, 0.05) is 17.1 Å². The Bertz CT molecular complexity index is 542. The lowest BCUT2D eigenvalue weighted by atomic mass is 9.93. The first-order valence-electron chi connectivity index (χ1n) is 5.91. The summed E-state index contributed by atoms with van der Waals surface area (Å²) in [5, 5.41) is 10.1. The second kappa shape index (κ2) is 4.62. The molecule has 2 rings (SSSR count). The number of aromatic amines is 1. The van der Waals surface area contributed by atoms with E-state index in [9.17, 15) is 4.79 Å². The first-order valence-corrected chi connectivity index (χ1v) is 5.91. The Labute approximate surface area is 100 Å². The maximum Gasteiger partial charge on any atom is 0.303 e. The lowest BCUT2D eigenvalue weighted by molar-refractivity contribution is -0.137. The summed E-state index contributed by atoms with van der Waals surface area (Å²) in [6.07, 6.45) is 2.98. The summed E-state index contributed by atoms with van der Waals surface area (Å²) in [4.78, 5) is 14.1. The van der Waals surface area contributed by atoms with Gasteiger partial charge >= 0.3 is 5.97 Å². The van der Waals surface area contributed by atoms with Crippen LogP contribution in [0.3, 0.4) is 0 Å². The number of benzene rings is 1. The summed E-state index contributed by atoms with van der Waals surface area (Å²) >= 11 is 0. The van der Waals surface area contributed by atoms with Crippen LogP contribution in [-0.4, -0.2) is 16.1 Å². The van der Waals surface area contributed by atoms with Gasteiger partial charge in [-0.25, -0.2) is 0 Å². The van der Waals surface area contributed by atoms with Gasteiger partial charge in [0.15, 0.2) is 0 Å². The first-order chi connectivity index (χ1) is 8.11. The minimum absolute atomic E-state index is 0.0870. The number of nitrogens with one attached hydrogen (secondary N) is 1. The van der Waals surface area contributed by atoms with Gasteiger partial charge in [-0.05, 0) is 36.5 Å². The number of aliphatic carboxylic acids is 1. The molecule has 17 heavy (non-hydrogen) atoms. The summed E-state index contributed by atoms with van der Waals surface area (Å²) in [5.74, 6) is -0.651. The Balaban J connectivity index is 2.43. The SMILES string of the molecule is CCC(CC(=O)O)c1c[nH]c2cc(C)ccc12. The van der Waals surface area contributed by atoms with Crippen LogP contribution in [0.5, 0.6) is 0 Å². The Morgan fingerprint density at radius 2 is 2.24 bits per heavy atom. The van der Waals surface area contributed by atoms with Gasteiger partial charge in [-0.15, -0.1) is 0 Å². The summed E-state index contributed by atoms with van der Waals surface area (Å²) in [6.45, 7) is 4.08. The number of H-pyrrole nitrogens is 1. The molecule has 1 heterocycles. The van der Waals surface area contributed by atoms with Gasteiger partial charge < -0.3 is 10.1 Å². The van der Waals surface area contributed by atoms with E-state index in [2.05, 4.69) is 30.1 Å². The van der Waals surface area contributed by atoms with Crippen molar-refractivity contribution >= 4 is 16.9 Å². The fourth-order valence-corrected chi connectivity index (χ4v) is 2.29. The highest BCUT2D eigenvalue weighted by Crippen LogP contribution is 2.30. The van der Waals surface area contributed by atoms with Crippen LogP contribution in [0.15, 0.2) is 24.4 Å². The van der Waals surface area contributed by atoms with Gasteiger partial charge in [-0.2, -0.15) is 0 Å². The van der Waals surface area contributed by atoms with Crippen molar-refractivity contribution in [3.8, 4) is 0 Å². The van der Waals surface area contributed by atoms with Gasteiger partial charge in [-0.1, -0.05) is 19.1 Å². The van der Waals surface area contributed by atoms with Crippen molar-refractivity contribution in [1.29, 1.82) is 0 Å². The van der Waals surface area contributed by atoms with E-state index in [1.807, 2.05) is 13.1 Å². The number of hydrogen-bond donors (Lipinski definition) is 2.